The van der Waals surface area contributed by atoms with Crippen molar-refractivity contribution in [3.05, 3.63) is 60.2 Å². The first-order valence-electron chi connectivity index (χ1n) is 5.43. The number of hydrogen-bond acceptors (Lipinski definition) is 1. The van der Waals surface area contributed by atoms with Crippen molar-refractivity contribution in [1.29, 1.82) is 0 Å². The Labute approximate surface area is 98.7 Å². The number of amides is 1. The highest BCUT2D eigenvalue weighted by Crippen LogP contribution is 2.25. The highest BCUT2D eigenvalue weighted by molar-refractivity contribution is 6.09. The molecule has 1 amide bonds. The Hall–Kier alpha value is -2.35. The normalized spacial score (nSPS) is 10.8. The zero-order chi connectivity index (χ0) is 11.8. The number of benzene rings is 3. The molecule has 0 fully saturated rings. The van der Waals surface area contributed by atoms with Crippen LogP contribution in [0.4, 0.5) is 0 Å². The Kier molecular flexibility index (Phi) is 2.08. The Balaban J connectivity index is 2.47. The number of fused-ring (bicyclic) bond motifs is 2. The molecule has 0 saturated heterocycles. The molecule has 0 spiro atoms. The van der Waals surface area contributed by atoms with Gasteiger partial charge in [-0.15, -0.1) is 0 Å². The zero-order valence-electron chi connectivity index (χ0n) is 9.10. The molecule has 0 aromatic heterocycles. The van der Waals surface area contributed by atoms with E-state index in [0.29, 0.717) is 5.56 Å². The van der Waals surface area contributed by atoms with Gasteiger partial charge in [0.05, 0.1) is 0 Å². The molecule has 0 heterocycles. The van der Waals surface area contributed by atoms with E-state index in [4.69, 9.17) is 5.73 Å². The van der Waals surface area contributed by atoms with Crippen LogP contribution in [0.1, 0.15) is 10.4 Å². The van der Waals surface area contributed by atoms with E-state index >= 15 is 0 Å². The minimum absolute atomic E-state index is 0.466. The summed E-state index contributed by atoms with van der Waals surface area (Å²) >= 11 is 0. The number of carbonyl (C=O) groups is 1. The maximum Gasteiger partial charge on any atom is 0.270 e. The maximum absolute atomic E-state index is 11.3. The molecule has 0 atom stereocenters. The second-order valence-electron chi connectivity index (χ2n) is 4.06. The topological polar surface area (TPSA) is 40.9 Å². The first-order valence-corrected chi connectivity index (χ1v) is 5.43. The van der Waals surface area contributed by atoms with Crippen LogP contribution in [0.3, 0.4) is 0 Å². The highest BCUT2D eigenvalue weighted by atomic mass is 16.1. The fraction of sp³-hybridized carbons (Fsp3) is 0. The van der Waals surface area contributed by atoms with Gasteiger partial charge in [0.15, 0.2) is 0 Å². The minimum atomic E-state index is -0.633. The first-order chi connectivity index (χ1) is 8.25. The fourth-order valence-electron chi connectivity index (χ4n) is 2.16. The van der Waals surface area contributed by atoms with Crippen molar-refractivity contribution in [2.75, 3.05) is 0 Å². The van der Waals surface area contributed by atoms with E-state index in [0.717, 1.165) is 21.5 Å². The van der Waals surface area contributed by atoms with Gasteiger partial charge in [-0.05, 0) is 39.7 Å². The van der Waals surface area contributed by atoms with Gasteiger partial charge in [0.1, 0.15) is 0 Å². The summed E-state index contributed by atoms with van der Waals surface area (Å²) in [5, 5.41) is 4.09. The molecule has 2 heteroatoms. The van der Waals surface area contributed by atoms with Gasteiger partial charge < -0.3 is 0 Å². The van der Waals surface area contributed by atoms with Gasteiger partial charge in [-0.1, -0.05) is 36.4 Å². The monoisotopic (exact) mass is 220 g/mol. The predicted octanol–water partition coefficient (Wildman–Crippen LogP) is 3.42. The van der Waals surface area contributed by atoms with E-state index in [2.05, 4.69) is 6.07 Å². The molecular weight excluding hydrogens is 210 g/mol. The SMILES string of the molecule is [NH]C(=O)c1cccc2cc3ccccc3cc12. The Morgan fingerprint density at radius 1 is 0.824 bits per heavy atom. The van der Waals surface area contributed by atoms with Crippen molar-refractivity contribution in [2.45, 2.75) is 0 Å². The maximum atomic E-state index is 11.3. The summed E-state index contributed by atoms with van der Waals surface area (Å²) < 4.78 is 0. The predicted molar refractivity (Wildman–Crippen MR) is 68.9 cm³/mol. The molecule has 2 nitrogen and oxygen atoms in total. The van der Waals surface area contributed by atoms with Crippen molar-refractivity contribution in [3.8, 4) is 0 Å². The summed E-state index contributed by atoms with van der Waals surface area (Å²) in [6, 6.07) is 17.5. The van der Waals surface area contributed by atoms with Crippen LogP contribution in [0, 0.1) is 0 Å². The third-order valence-electron chi connectivity index (χ3n) is 2.99. The molecule has 3 aromatic rings. The van der Waals surface area contributed by atoms with Gasteiger partial charge in [0.25, 0.3) is 5.91 Å². The van der Waals surface area contributed by atoms with Gasteiger partial charge in [-0.2, -0.15) is 0 Å². The van der Waals surface area contributed by atoms with Crippen LogP contribution in [0.5, 0.6) is 0 Å². The zero-order valence-corrected chi connectivity index (χ0v) is 9.10. The van der Waals surface area contributed by atoms with Crippen LogP contribution in [-0.4, -0.2) is 5.91 Å². The molecular formula is C15H10NO. The van der Waals surface area contributed by atoms with E-state index in [1.165, 1.54) is 0 Å². The van der Waals surface area contributed by atoms with Crippen molar-refractivity contribution >= 4 is 27.5 Å². The van der Waals surface area contributed by atoms with Crippen LogP contribution >= 0.6 is 0 Å². The fourth-order valence-corrected chi connectivity index (χ4v) is 2.16. The van der Waals surface area contributed by atoms with Crippen LogP contribution in [0.2, 0.25) is 0 Å². The molecule has 0 aliphatic rings. The van der Waals surface area contributed by atoms with Crippen LogP contribution in [0.15, 0.2) is 54.6 Å². The third-order valence-corrected chi connectivity index (χ3v) is 2.99. The summed E-state index contributed by atoms with van der Waals surface area (Å²) in [5.74, 6) is -0.633. The molecule has 0 aliphatic heterocycles. The lowest BCUT2D eigenvalue weighted by molar-refractivity contribution is 0.0993. The molecule has 1 N–H and O–H groups in total. The summed E-state index contributed by atoms with van der Waals surface area (Å²) in [5.41, 5.74) is 7.74. The third kappa shape index (κ3) is 1.54. The van der Waals surface area contributed by atoms with Gasteiger partial charge in [0.2, 0.25) is 0 Å². The largest absolute Gasteiger partial charge is 0.270 e. The molecule has 0 saturated carbocycles. The molecule has 17 heavy (non-hydrogen) atoms. The number of carbonyl (C=O) groups excluding carboxylic acids is 1. The lowest BCUT2D eigenvalue weighted by Crippen LogP contribution is -1.99. The van der Waals surface area contributed by atoms with E-state index in [1.54, 1.807) is 6.07 Å². The lowest BCUT2D eigenvalue weighted by atomic mass is 9.99. The number of nitrogens with one attached hydrogen (secondary N) is 1. The lowest BCUT2D eigenvalue weighted by Gasteiger charge is -2.05. The average molecular weight is 220 g/mol. The summed E-state index contributed by atoms with van der Waals surface area (Å²) in [4.78, 5) is 11.3. The summed E-state index contributed by atoms with van der Waals surface area (Å²) in [7, 11) is 0. The summed E-state index contributed by atoms with van der Waals surface area (Å²) in [6.07, 6.45) is 0. The molecule has 0 unspecified atom stereocenters. The Morgan fingerprint density at radius 3 is 2.18 bits per heavy atom. The second-order valence-corrected chi connectivity index (χ2v) is 4.06. The standard InChI is InChI=1S/C15H10NO/c16-15(17)13-7-3-6-12-8-10-4-1-2-5-11(10)9-14(12)13/h1-9,16H. The minimum Gasteiger partial charge on any atom is -0.267 e. The Morgan fingerprint density at radius 2 is 1.47 bits per heavy atom. The summed E-state index contributed by atoms with van der Waals surface area (Å²) in [6.45, 7) is 0. The van der Waals surface area contributed by atoms with Gasteiger partial charge >= 0.3 is 0 Å². The first kappa shape index (κ1) is 9.85. The molecule has 81 valence electrons. The molecule has 1 radical (unpaired) electrons. The molecule has 0 aliphatic carbocycles. The van der Waals surface area contributed by atoms with Crippen LogP contribution < -0.4 is 5.73 Å². The smallest absolute Gasteiger partial charge is 0.267 e. The molecule has 3 rings (SSSR count). The van der Waals surface area contributed by atoms with Crippen molar-refractivity contribution in [3.63, 3.8) is 0 Å². The highest BCUT2D eigenvalue weighted by Gasteiger charge is 2.07. The molecule has 3 aromatic carbocycles. The van der Waals surface area contributed by atoms with Crippen LogP contribution in [-0.2, 0) is 0 Å². The van der Waals surface area contributed by atoms with Crippen molar-refractivity contribution in [2.24, 2.45) is 0 Å². The Bertz CT molecular complexity index is 731. The second kappa shape index (κ2) is 3.59. The quantitative estimate of drug-likeness (QED) is 0.579. The van der Waals surface area contributed by atoms with E-state index in [1.807, 2.05) is 42.5 Å². The average Bonchev–Trinajstić information content (AvgIpc) is 2.35. The van der Waals surface area contributed by atoms with Gasteiger partial charge in [-0.3, -0.25) is 10.5 Å². The van der Waals surface area contributed by atoms with E-state index in [9.17, 15) is 4.79 Å². The van der Waals surface area contributed by atoms with Crippen molar-refractivity contribution < 1.29 is 4.79 Å². The van der Waals surface area contributed by atoms with Crippen LogP contribution in [0.25, 0.3) is 21.5 Å². The number of hydrogen-bond donors (Lipinski definition) is 0. The van der Waals surface area contributed by atoms with Crippen molar-refractivity contribution in [1.82, 2.24) is 5.73 Å². The van der Waals surface area contributed by atoms with Gasteiger partial charge in [0, 0.05) is 5.56 Å². The van der Waals surface area contributed by atoms with Gasteiger partial charge in [-0.25, -0.2) is 0 Å². The number of rotatable bonds is 1. The van der Waals surface area contributed by atoms with E-state index < -0.39 is 5.91 Å². The van der Waals surface area contributed by atoms with E-state index in [-0.39, 0.29) is 0 Å². The molecule has 0 bridgehead atoms.